The molecule has 0 saturated heterocycles. The maximum atomic E-state index is 5.32. The lowest BCUT2D eigenvalue weighted by molar-refractivity contribution is 0.147. The molecule has 0 aliphatic carbocycles. The van der Waals surface area contributed by atoms with Crippen LogP contribution < -0.4 is 5.32 Å². The zero-order valence-electron chi connectivity index (χ0n) is 12.4. The number of aryl methyl sites for hydroxylation is 1. The van der Waals surface area contributed by atoms with Crippen molar-refractivity contribution in [3.8, 4) is 0 Å². The summed E-state index contributed by atoms with van der Waals surface area (Å²) >= 11 is 0. The second-order valence-electron chi connectivity index (χ2n) is 5.87. The molecule has 18 heavy (non-hydrogen) atoms. The van der Waals surface area contributed by atoms with Gasteiger partial charge in [0.05, 0.1) is 5.69 Å². The highest BCUT2D eigenvalue weighted by atomic mass is 16.5. The van der Waals surface area contributed by atoms with Crippen LogP contribution >= 0.6 is 0 Å². The van der Waals surface area contributed by atoms with Gasteiger partial charge in [-0.2, -0.15) is 0 Å². The lowest BCUT2D eigenvalue weighted by atomic mass is 9.97. The van der Waals surface area contributed by atoms with Crippen molar-refractivity contribution < 1.29 is 4.74 Å². The van der Waals surface area contributed by atoms with E-state index in [4.69, 9.17) is 4.74 Å². The summed E-state index contributed by atoms with van der Waals surface area (Å²) in [4.78, 5) is 4.52. The summed E-state index contributed by atoms with van der Waals surface area (Å²) in [6, 6.07) is 0. The van der Waals surface area contributed by atoms with Crippen LogP contribution in [0.3, 0.4) is 0 Å². The fourth-order valence-electron chi connectivity index (χ4n) is 1.84. The molecule has 4 heteroatoms. The van der Waals surface area contributed by atoms with Gasteiger partial charge < -0.3 is 14.6 Å². The first-order valence-electron chi connectivity index (χ1n) is 6.78. The molecule has 104 valence electrons. The maximum Gasteiger partial charge on any atom is 0.203 e. The summed E-state index contributed by atoms with van der Waals surface area (Å²) in [5.74, 6) is 0.971. The molecule has 0 aromatic carbocycles. The highest BCUT2D eigenvalue weighted by Gasteiger charge is 2.14. The van der Waals surface area contributed by atoms with Gasteiger partial charge in [-0.3, -0.25) is 0 Å². The molecule has 1 aromatic rings. The summed E-state index contributed by atoms with van der Waals surface area (Å²) in [6.07, 6.45) is 3.12. The van der Waals surface area contributed by atoms with Gasteiger partial charge in [-0.15, -0.1) is 0 Å². The van der Waals surface area contributed by atoms with Crippen molar-refractivity contribution in [3.05, 3.63) is 11.9 Å². The summed E-state index contributed by atoms with van der Waals surface area (Å²) in [6.45, 7) is 14.2. The molecule has 0 radical (unpaired) electrons. The van der Waals surface area contributed by atoms with Crippen LogP contribution in [0.15, 0.2) is 6.20 Å². The Bertz CT molecular complexity index is 352. The molecule has 0 spiro atoms. The number of rotatable bonds is 7. The van der Waals surface area contributed by atoms with Gasteiger partial charge in [-0.05, 0) is 25.7 Å². The largest absolute Gasteiger partial charge is 0.382 e. The van der Waals surface area contributed by atoms with E-state index in [1.54, 1.807) is 0 Å². The average Bonchev–Trinajstić information content (AvgIpc) is 2.56. The lowest BCUT2D eigenvalue weighted by Gasteiger charge is -2.20. The zero-order valence-corrected chi connectivity index (χ0v) is 12.4. The van der Waals surface area contributed by atoms with E-state index in [1.807, 2.05) is 13.8 Å². The van der Waals surface area contributed by atoms with Crippen LogP contribution in [0.5, 0.6) is 0 Å². The van der Waals surface area contributed by atoms with Crippen molar-refractivity contribution in [2.24, 2.45) is 5.41 Å². The molecule has 1 rings (SSSR count). The maximum absolute atomic E-state index is 5.32. The van der Waals surface area contributed by atoms with E-state index in [9.17, 15) is 0 Å². The molecule has 1 N–H and O–H groups in total. The minimum Gasteiger partial charge on any atom is -0.382 e. The van der Waals surface area contributed by atoms with Crippen LogP contribution in [0.4, 0.5) is 5.95 Å². The predicted octanol–water partition coefficient (Wildman–Crippen LogP) is 3.08. The molecule has 0 bridgehead atoms. The van der Waals surface area contributed by atoms with Gasteiger partial charge in [0.15, 0.2) is 0 Å². The van der Waals surface area contributed by atoms with E-state index in [-0.39, 0.29) is 5.41 Å². The molecule has 0 aliphatic rings. The van der Waals surface area contributed by atoms with Crippen LogP contribution in [0, 0.1) is 12.3 Å². The Kier molecular flexibility index (Phi) is 5.66. The fraction of sp³-hybridized carbons (Fsp3) is 0.786. The normalized spacial score (nSPS) is 11.8. The number of imidazole rings is 1. The van der Waals surface area contributed by atoms with Crippen molar-refractivity contribution in [3.63, 3.8) is 0 Å². The Labute approximate surface area is 111 Å². The number of hydrogen-bond donors (Lipinski definition) is 1. The topological polar surface area (TPSA) is 39.1 Å². The molecule has 1 heterocycles. The van der Waals surface area contributed by atoms with Gasteiger partial charge in [-0.25, -0.2) is 4.98 Å². The summed E-state index contributed by atoms with van der Waals surface area (Å²) in [5.41, 5.74) is 1.32. The molecule has 0 aliphatic heterocycles. The Balaban J connectivity index is 2.49. The van der Waals surface area contributed by atoms with Gasteiger partial charge >= 0.3 is 0 Å². The number of hydrogen-bond acceptors (Lipinski definition) is 3. The summed E-state index contributed by atoms with van der Waals surface area (Å²) in [5, 5.41) is 3.39. The highest BCUT2D eigenvalue weighted by molar-refractivity contribution is 5.28. The summed E-state index contributed by atoms with van der Waals surface area (Å²) in [7, 11) is 0. The molecule has 0 amide bonds. The standard InChI is InChI=1S/C14H27N3O/c1-6-18-9-7-8-15-13-16-12(2)10-17(13)11-14(3,4)5/h10H,6-9,11H2,1-5H3,(H,15,16). The first-order valence-corrected chi connectivity index (χ1v) is 6.78. The molecule has 0 unspecified atom stereocenters. The van der Waals surface area contributed by atoms with Crippen molar-refractivity contribution in [2.75, 3.05) is 25.1 Å². The minimum atomic E-state index is 0.259. The minimum absolute atomic E-state index is 0.259. The second kappa shape index (κ2) is 6.78. The Morgan fingerprint density at radius 3 is 2.72 bits per heavy atom. The molecule has 0 atom stereocenters. The monoisotopic (exact) mass is 253 g/mol. The average molecular weight is 253 g/mol. The third-order valence-corrected chi connectivity index (χ3v) is 2.49. The van der Waals surface area contributed by atoms with Crippen molar-refractivity contribution in [1.29, 1.82) is 0 Å². The van der Waals surface area contributed by atoms with Crippen LogP contribution in [-0.2, 0) is 11.3 Å². The van der Waals surface area contributed by atoms with Crippen LogP contribution in [0.1, 0.15) is 39.8 Å². The molecular formula is C14H27N3O. The van der Waals surface area contributed by atoms with Crippen molar-refractivity contribution in [2.45, 2.75) is 47.6 Å². The van der Waals surface area contributed by atoms with Crippen LogP contribution in [0.25, 0.3) is 0 Å². The number of nitrogens with one attached hydrogen (secondary N) is 1. The summed E-state index contributed by atoms with van der Waals surface area (Å²) < 4.78 is 7.52. The molecular weight excluding hydrogens is 226 g/mol. The fourth-order valence-corrected chi connectivity index (χ4v) is 1.84. The Morgan fingerprint density at radius 1 is 1.39 bits per heavy atom. The van der Waals surface area contributed by atoms with Crippen molar-refractivity contribution >= 4 is 5.95 Å². The second-order valence-corrected chi connectivity index (χ2v) is 5.87. The zero-order chi connectivity index (χ0) is 13.6. The van der Waals surface area contributed by atoms with Gasteiger partial charge in [0, 0.05) is 32.5 Å². The highest BCUT2D eigenvalue weighted by Crippen LogP contribution is 2.20. The third-order valence-electron chi connectivity index (χ3n) is 2.49. The first-order chi connectivity index (χ1) is 8.42. The van der Waals surface area contributed by atoms with Gasteiger partial charge in [-0.1, -0.05) is 20.8 Å². The molecule has 1 aromatic heterocycles. The van der Waals surface area contributed by atoms with E-state index in [2.05, 4.69) is 41.8 Å². The Hall–Kier alpha value is -1.03. The number of nitrogens with zero attached hydrogens (tertiary/aromatic N) is 2. The van der Waals surface area contributed by atoms with Crippen LogP contribution in [0.2, 0.25) is 0 Å². The quantitative estimate of drug-likeness (QED) is 0.759. The van der Waals surface area contributed by atoms with E-state index in [0.29, 0.717) is 0 Å². The molecule has 0 fully saturated rings. The van der Waals surface area contributed by atoms with E-state index < -0.39 is 0 Å². The number of anilines is 1. The first kappa shape index (κ1) is 15.0. The van der Waals surface area contributed by atoms with E-state index in [1.165, 1.54) is 0 Å². The van der Waals surface area contributed by atoms with E-state index >= 15 is 0 Å². The van der Waals surface area contributed by atoms with Gasteiger partial charge in [0.2, 0.25) is 5.95 Å². The number of ether oxygens (including phenoxy) is 1. The van der Waals surface area contributed by atoms with E-state index in [0.717, 1.165) is 44.4 Å². The molecule has 4 nitrogen and oxygen atoms in total. The van der Waals surface area contributed by atoms with Crippen molar-refractivity contribution in [1.82, 2.24) is 9.55 Å². The predicted molar refractivity (Wildman–Crippen MR) is 76.0 cm³/mol. The van der Waals surface area contributed by atoms with Gasteiger partial charge in [0.1, 0.15) is 0 Å². The lowest BCUT2D eigenvalue weighted by Crippen LogP contribution is -2.18. The SMILES string of the molecule is CCOCCCNc1nc(C)cn1CC(C)(C)C. The smallest absolute Gasteiger partial charge is 0.203 e. The number of aromatic nitrogens is 2. The Morgan fingerprint density at radius 2 is 2.11 bits per heavy atom. The van der Waals surface area contributed by atoms with Crippen LogP contribution in [-0.4, -0.2) is 29.3 Å². The van der Waals surface area contributed by atoms with Gasteiger partial charge in [0.25, 0.3) is 0 Å². The third kappa shape index (κ3) is 5.54. The molecule has 0 saturated carbocycles.